The molecule has 0 amide bonds. The molecule has 0 saturated carbocycles. The van der Waals surface area contributed by atoms with Crippen molar-refractivity contribution in [3.05, 3.63) is 28.8 Å². The van der Waals surface area contributed by atoms with E-state index in [9.17, 15) is 36.2 Å². The molecule has 1 aromatic rings. The monoisotopic (exact) mass is 389 g/mol. The fourth-order valence-electron chi connectivity index (χ4n) is 2.57. The Morgan fingerprint density at radius 3 is 2.46 bits per heavy atom. The van der Waals surface area contributed by atoms with Gasteiger partial charge >= 0.3 is 18.5 Å². The number of hydrogen-bond donors (Lipinski definition) is 1. The van der Waals surface area contributed by atoms with Gasteiger partial charge in [-0.05, 0) is 36.1 Å². The molecule has 0 radical (unpaired) electrons. The number of rotatable bonds is 4. The molecule has 0 bridgehead atoms. The zero-order valence-corrected chi connectivity index (χ0v) is 12.9. The molecule has 26 heavy (non-hydrogen) atoms. The molecule has 1 heterocycles. The van der Waals surface area contributed by atoms with Crippen molar-refractivity contribution in [3.63, 3.8) is 0 Å². The normalized spacial score (nSPS) is 21.5. The van der Waals surface area contributed by atoms with Crippen LogP contribution in [-0.4, -0.2) is 29.7 Å². The molecule has 1 aliphatic rings. The van der Waals surface area contributed by atoms with Gasteiger partial charge < -0.3 is 14.6 Å². The first-order valence-corrected chi connectivity index (χ1v) is 6.95. The Kier molecular flexibility index (Phi) is 3.56. The van der Waals surface area contributed by atoms with E-state index in [0.29, 0.717) is 6.07 Å². The van der Waals surface area contributed by atoms with Gasteiger partial charge in [0, 0.05) is 12.4 Å². The number of carbonyl (C=O) groups is 1. The van der Waals surface area contributed by atoms with Gasteiger partial charge in [-0.1, -0.05) is 13.8 Å². The fraction of sp³-hybridized carbons (Fsp3) is 0.438. The van der Waals surface area contributed by atoms with Gasteiger partial charge in [0.25, 0.3) is 0 Å². The minimum absolute atomic E-state index is 0.269. The first-order valence-electron chi connectivity index (χ1n) is 9.45. The van der Waals surface area contributed by atoms with E-state index >= 15 is 0 Å². The maximum Gasteiger partial charge on any atom is 0.573 e. The van der Waals surface area contributed by atoms with Crippen LogP contribution >= 0.6 is 0 Å². The van der Waals surface area contributed by atoms with Gasteiger partial charge in [-0.15, -0.1) is 13.2 Å². The lowest BCUT2D eigenvalue weighted by Gasteiger charge is -2.32. The number of hydrogen-bond acceptors (Lipinski definition) is 3. The van der Waals surface area contributed by atoms with E-state index in [2.05, 4.69) is 4.74 Å². The molecule has 1 unspecified atom stereocenters. The number of alkyl halides is 6. The van der Waals surface area contributed by atoms with Crippen molar-refractivity contribution in [2.45, 2.75) is 45.2 Å². The van der Waals surface area contributed by atoms with Crippen LogP contribution < -0.4 is 9.47 Å². The molecular weight excluding hydrogens is 370 g/mol. The van der Waals surface area contributed by atoms with Crippen molar-refractivity contribution in [1.82, 2.24) is 0 Å². The highest BCUT2D eigenvalue weighted by Crippen LogP contribution is 2.46. The first-order chi connectivity index (χ1) is 13.8. The second-order valence-corrected chi connectivity index (χ2v) is 5.11. The van der Waals surface area contributed by atoms with Gasteiger partial charge in [-0.3, -0.25) is 0 Å². The van der Waals surface area contributed by atoms with Crippen LogP contribution in [0.3, 0.4) is 0 Å². The summed E-state index contributed by atoms with van der Waals surface area (Å²) in [5, 5.41) is 9.30. The van der Waals surface area contributed by atoms with E-state index in [-0.39, 0.29) is 6.07 Å². The summed E-state index contributed by atoms with van der Waals surface area (Å²) in [6.07, 6.45) is -17.6. The molecule has 0 aromatic heterocycles. The molecule has 1 aliphatic heterocycles. The van der Waals surface area contributed by atoms with Crippen LogP contribution in [-0.2, 0) is 11.2 Å². The van der Waals surface area contributed by atoms with E-state index < -0.39 is 78.0 Å². The van der Waals surface area contributed by atoms with Gasteiger partial charge in [0.15, 0.2) is 0 Å². The number of halogens is 6. The van der Waals surface area contributed by atoms with Gasteiger partial charge in [0.2, 0.25) is 6.10 Å². The first kappa shape index (κ1) is 13.8. The van der Waals surface area contributed by atoms with E-state index in [1.807, 2.05) is 0 Å². The third-order valence-electron chi connectivity index (χ3n) is 3.46. The van der Waals surface area contributed by atoms with Crippen LogP contribution in [0, 0.1) is 0 Å². The Morgan fingerprint density at radius 1 is 1.35 bits per heavy atom. The van der Waals surface area contributed by atoms with E-state index in [1.165, 1.54) is 6.92 Å². The average molecular weight is 389 g/mol. The predicted octanol–water partition coefficient (Wildman–Crippen LogP) is 4.72. The smallest absolute Gasteiger partial charge is 0.478 e. The summed E-state index contributed by atoms with van der Waals surface area (Å²) in [4.78, 5) is 11.5. The van der Waals surface area contributed by atoms with Gasteiger partial charge in [-0.25, -0.2) is 4.79 Å². The number of aryl methyl sites for hydroxylation is 1. The number of benzene rings is 1. The lowest BCUT2D eigenvalue weighted by atomic mass is 9.88. The molecule has 10 heteroatoms. The summed E-state index contributed by atoms with van der Waals surface area (Å²) in [5.41, 5.74) is -3.74. The van der Waals surface area contributed by atoms with Crippen molar-refractivity contribution < 1.29 is 52.6 Å². The van der Waals surface area contributed by atoms with Crippen molar-refractivity contribution in [1.29, 1.82) is 0 Å². The Morgan fingerprint density at radius 2 is 2.00 bits per heavy atom. The van der Waals surface area contributed by atoms with Crippen molar-refractivity contribution in [3.8, 4) is 11.5 Å². The van der Waals surface area contributed by atoms with Crippen LogP contribution in [0.25, 0.3) is 5.57 Å². The van der Waals surface area contributed by atoms with Crippen LogP contribution in [0.2, 0.25) is 0 Å². The number of carboxylic acid groups (broad SMARTS) is 1. The SMILES string of the molecule is [2H]C([2H])([2H])C([2H])([2H])c1cc(OC(F)(F)F)cc2c1OC(C(F)(F)F)C(C(=O)O)=C2CC. The lowest BCUT2D eigenvalue weighted by molar-refractivity contribution is -0.274. The highest BCUT2D eigenvalue weighted by molar-refractivity contribution is 5.99. The Labute approximate surface area is 151 Å². The highest BCUT2D eigenvalue weighted by atomic mass is 19.4. The lowest BCUT2D eigenvalue weighted by Crippen LogP contribution is -2.41. The molecule has 1 N–H and O–H groups in total. The summed E-state index contributed by atoms with van der Waals surface area (Å²) in [6, 6.07) is 0.793. The molecular formula is C16H14F6O4. The molecule has 1 atom stereocenters. The summed E-state index contributed by atoms with van der Waals surface area (Å²) in [6.45, 7) is -2.31. The van der Waals surface area contributed by atoms with E-state index in [0.717, 1.165) is 0 Å². The number of fused-ring (bicyclic) bond motifs is 1. The molecule has 2 rings (SSSR count). The summed E-state index contributed by atoms with van der Waals surface area (Å²) < 4.78 is 125. The standard InChI is InChI=1S/C16H14F6O4/c1-3-7-5-8(26-16(20,21)22)6-10-9(4-2)11(14(23)24)13(15(17,18)19)25-12(7)10/h5-6,13H,3-4H2,1-2H3,(H,23,24)/i1D3,3D2. The number of carboxylic acids is 1. The molecule has 144 valence electrons. The van der Waals surface area contributed by atoms with E-state index in [1.54, 1.807) is 0 Å². The number of allylic oxidation sites excluding steroid dienone is 1. The van der Waals surface area contributed by atoms with Crippen LogP contribution in [0.15, 0.2) is 17.7 Å². The summed E-state index contributed by atoms with van der Waals surface area (Å²) >= 11 is 0. The van der Waals surface area contributed by atoms with Gasteiger partial charge in [0.05, 0.1) is 5.57 Å². The zero-order valence-electron chi connectivity index (χ0n) is 17.9. The van der Waals surface area contributed by atoms with Crippen molar-refractivity contribution in [2.75, 3.05) is 0 Å². The molecule has 0 saturated heterocycles. The summed E-state index contributed by atoms with van der Waals surface area (Å²) in [5.74, 6) is -4.24. The van der Waals surface area contributed by atoms with Crippen LogP contribution in [0.4, 0.5) is 26.3 Å². The number of ether oxygens (including phenoxy) is 2. The predicted molar refractivity (Wildman–Crippen MR) is 77.8 cm³/mol. The largest absolute Gasteiger partial charge is 0.573 e. The second-order valence-electron chi connectivity index (χ2n) is 5.11. The maximum atomic E-state index is 13.5. The van der Waals surface area contributed by atoms with Gasteiger partial charge in [0.1, 0.15) is 11.5 Å². The molecule has 4 nitrogen and oxygen atoms in total. The Bertz CT molecular complexity index is 921. The maximum absolute atomic E-state index is 13.5. The van der Waals surface area contributed by atoms with Crippen molar-refractivity contribution in [2.24, 2.45) is 0 Å². The van der Waals surface area contributed by atoms with E-state index in [4.69, 9.17) is 11.6 Å². The average Bonchev–Trinajstić information content (AvgIpc) is 2.55. The number of aliphatic carboxylic acids is 1. The second kappa shape index (κ2) is 6.73. The molecule has 0 aliphatic carbocycles. The minimum atomic E-state index is -5.31. The van der Waals surface area contributed by atoms with Gasteiger partial charge in [-0.2, -0.15) is 13.2 Å². The van der Waals surface area contributed by atoms with Crippen molar-refractivity contribution >= 4 is 11.5 Å². The summed E-state index contributed by atoms with van der Waals surface area (Å²) in [7, 11) is 0. The topological polar surface area (TPSA) is 55.8 Å². The Balaban J connectivity index is 2.97. The molecule has 1 aromatic carbocycles. The fourth-order valence-corrected chi connectivity index (χ4v) is 2.57. The zero-order chi connectivity index (χ0) is 24.2. The third kappa shape index (κ3) is 3.88. The third-order valence-corrected chi connectivity index (χ3v) is 3.46. The Hall–Kier alpha value is -2.39. The molecule has 0 spiro atoms. The quantitative estimate of drug-likeness (QED) is 0.758. The highest BCUT2D eigenvalue weighted by Gasteiger charge is 2.50. The van der Waals surface area contributed by atoms with Crippen LogP contribution in [0.5, 0.6) is 11.5 Å². The van der Waals surface area contributed by atoms with Crippen LogP contribution in [0.1, 0.15) is 38.2 Å². The minimum Gasteiger partial charge on any atom is -0.478 e. The molecule has 0 fully saturated rings.